The van der Waals surface area contributed by atoms with Crippen LogP contribution in [0.1, 0.15) is 51.3 Å². The largest absolute Gasteiger partial charge is 0.456 e. The molecule has 274 valence electrons. The first-order valence-corrected chi connectivity index (χ1v) is 17.0. The van der Waals surface area contributed by atoms with Crippen molar-refractivity contribution in [2.75, 3.05) is 0 Å². The fraction of sp³-hybridized carbons (Fsp3) is 0.462. The molecule has 2 fully saturated rings. The zero-order valence-electron chi connectivity index (χ0n) is 29.5. The number of ether oxygens (including phenoxy) is 9. The van der Waals surface area contributed by atoms with E-state index in [1.165, 1.54) is 20.8 Å². The van der Waals surface area contributed by atoms with E-state index in [2.05, 4.69) is 0 Å². The molecule has 3 aromatic rings. The minimum absolute atomic E-state index is 0.179. The number of hydrogen-bond acceptors (Lipinski definition) is 12. The minimum Gasteiger partial charge on any atom is -0.456 e. The van der Waals surface area contributed by atoms with Gasteiger partial charge in [0.25, 0.3) is 0 Å². The Balaban J connectivity index is 1.51. The predicted molar refractivity (Wildman–Crippen MR) is 181 cm³/mol. The van der Waals surface area contributed by atoms with Crippen LogP contribution in [-0.4, -0.2) is 79.3 Å². The van der Waals surface area contributed by atoms with Crippen LogP contribution in [0.3, 0.4) is 0 Å². The molecule has 0 N–H and O–H groups in total. The van der Waals surface area contributed by atoms with Crippen molar-refractivity contribution in [1.29, 1.82) is 0 Å². The first-order chi connectivity index (χ1) is 24.6. The lowest BCUT2D eigenvalue weighted by Crippen LogP contribution is -2.65. The van der Waals surface area contributed by atoms with Crippen molar-refractivity contribution in [3.05, 3.63) is 108 Å². The van der Waals surface area contributed by atoms with E-state index in [9.17, 15) is 14.4 Å². The molecule has 5 rings (SSSR count). The molecule has 10 unspecified atom stereocenters. The van der Waals surface area contributed by atoms with Gasteiger partial charge in [0.1, 0.15) is 18.3 Å². The van der Waals surface area contributed by atoms with Crippen LogP contribution in [0.2, 0.25) is 0 Å². The average Bonchev–Trinajstić information content (AvgIpc) is 3.11. The van der Waals surface area contributed by atoms with Crippen molar-refractivity contribution in [1.82, 2.24) is 0 Å². The number of hydrogen-bond donors (Lipinski definition) is 0. The Bertz CT molecular complexity index is 1540. The van der Waals surface area contributed by atoms with Gasteiger partial charge in [-0.2, -0.15) is 0 Å². The van der Waals surface area contributed by atoms with Gasteiger partial charge >= 0.3 is 17.9 Å². The third kappa shape index (κ3) is 10.7. The van der Waals surface area contributed by atoms with Crippen LogP contribution in [0.15, 0.2) is 91.0 Å². The molecule has 12 nitrogen and oxygen atoms in total. The molecule has 2 aliphatic heterocycles. The monoisotopic (exact) mass is 706 g/mol. The van der Waals surface area contributed by atoms with Gasteiger partial charge in [-0.1, -0.05) is 91.0 Å². The summed E-state index contributed by atoms with van der Waals surface area (Å²) in [7, 11) is 0. The van der Waals surface area contributed by atoms with E-state index in [1.807, 2.05) is 97.9 Å². The topological polar surface area (TPSA) is 134 Å². The van der Waals surface area contributed by atoms with Gasteiger partial charge in [0, 0.05) is 20.8 Å². The maximum absolute atomic E-state index is 12.5. The molecule has 2 aliphatic rings. The van der Waals surface area contributed by atoms with E-state index in [-0.39, 0.29) is 19.8 Å². The summed E-state index contributed by atoms with van der Waals surface area (Å²) < 4.78 is 55.9. The van der Waals surface area contributed by atoms with Crippen LogP contribution in [0.5, 0.6) is 0 Å². The van der Waals surface area contributed by atoms with Gasteiger partial charge in [-0.05, 0) is 30.5 Å². The van der Waals surface area contributed by atoms with E-state index < -0.39 is 79.3 Å². The zero-order valence-corrected chi connectivity index (χ0v) is 29.5. The van der Waals surface area contributed by atoms with Crippen LogP contribution in [0.25, 0.3) is 0 Å². The Kier molecular flexibility index (Phi) is 13.7. The molecular formula is C39H46O12. The summed E-state index contributed by atoms with van der Waals surface area (Å²) in [6.07, 6.45) is -9.96. The molecule has 0 amide bonds. The molecule has 0 aliphatic carbocycles. The van der Waals surface area contributed by atoms with Crippen molar-refractivity contribution >= 4 is 17.9 Å². The van der Waals surface area contributed by atoms with Crippen LogP contribution < -0.4 is 0 Å². The first-order valence-electron chi connectivity index (χ1n) is 17.0. The van der Waals surface area contributed by atoms with E-state index in [4.69, 9.17) is 42.6 Å². The first kappa shape index (κ1) is 38.1. The van der Waals surface area contributed by atoms with Crippen LogP contribution in [-0.2, 0) is 76.8 Å². The van der Waals surface area contributed by atoms with E-state index in [1.54, 1.807) is 6.92 Å². The molecule has 0 aromatic heterocycles. The highest BCUT2D eigenvalue weighted by molar-refractivity contribution is 5.68. The number of benzene rings is 3. The summed E-state index contributed by atoms with van der Waals surface area (Å²) in [5, 5.41) is 0. The van der Waals surface area contributed by atoms with Gasteiger partial charge in [0.05, 0.1) is 32.0 Å². The normalized spacial score (nSPS) is 29.1. The van der Waals surface area contributed by atoms with Gasteiger partial charge in [0.2, 0.25) is 0 Å². The van der Waals surface area contributed by atoms with Crippen molar-refractivity contribution in [2.45, 2.75) is 116 Å². The molecular weight excluding hydrogens is 660 g/mol. The fourth-order valence-corrected chi connectivity index (χ4v) is 6.19. The highest BCUT2D eigenvalue weighted by Gasteiger charge is 2.55. The minimum atomic E-state index is -1.35. The highest BCUT2D eigenvalue weighted by atomic mass is 16.8. The Labute approximate surface area is 298 Å². The predicted octanol–water partition coefficient (Wildman–Crippen LogP) is 5.04. The summed E-state index contributed by atoms with van der Waals surface area (Å²) in [5.41, 5.74) is 2.76. The Hall–Kier alpha value is -4.17. The van der Waals surface area contributed by atoms with Crippen molar-refractivity contribution < 1.29 is 57.0 Å². The second kappa shape index (κ2) is 18.4. The zero-order chi connectivity index (χ0) is 36.3. The van der Waals surface area contributed by atoms with Gasteiger partial charge in [-0.15, -0.1) is 0 Å². The molecule has 3 aromatic carbocycles. The molecule has 12 heteroatoms. The Morgan fingerprint density at radius 2 is 0.863 bits per heavy atom. The van der Waals surface area contributed by atoms with Crippen molar-refractivity contribution in [2.24, 2.45) is 0 Å². The Morgan fingerprint density at radius 3 is 1.35 bits per heavy atom. The van der Waals surface area contributed by atoms with Crippen LogP contribution in [0.4, 0.5) is 0 Å². The second-order valence-corrected chi connectivity index (χ2v) is 12.6. The molecule has 0 radical (unpaired) electrons. The second-order valence-electron chi connectivity index (χ2n) is 12.6. The van der Waals surface area contributed by atoms with Gasteiger partial charge in [-0.3, -0.25) is 14.4 Å². The summed E-state index contributed by atoms with van der Waals surface area (Å²) in [6.45, 7) is 7.80. The van der Waals surface area contributed by atoms with Crippen molar-refractivity contribution in [3.63, 3.8) is 0 Å². The molecule has 0 saturated carbocycles. The molecule has 0 spiro atoms. The van der Waals surface area contributed by atoms with Gasteiger partial charge in [0.15, 0.2) is 30.9 Å². The molecule has 2 saturated heterocycles. The number of carbonyl (C=O) groups excluding carboxylic acids is 3. The standard InChI is InChI=1S/C39H46O12/c1-24-32(43-21-29-15-9-6-10-16-29)34(44-22-30-17-11-7-12-18-30)36(38(46-24)45-23-31-19-13-8-14-20-31)51-39-37(50-28(5)42)35(49-27(4)41)33(25(2)47-39)48-26(3)40/h6-20,24-25,32-39H,21-23H2,1-5H3. The quantitative estimate of drug-likeness (QED) is 0.164. The highest BCUT2D eigenvalue weighted by Crippen LogP contribution is 2.36. The SMILES string of the molecule is CC(=O)OC1C(C)OC(OC2C(OCc3ccccc3)OC(C)C(OCc3ccccc3)C2OCc2ccccc2)C(OC(C)=O)C1OC(C)=O. The average molecular weight is 707 g/mol. The molecule has 51 heavy (non-hydrogen) atoms. The summed E-state index contributed by atoms with van der Waals surface area (Å²) in [6, 6.07) is 29.0. The van der Waals surface area contributed by atoms with Crippen LogP contribution >= 0.6 is 0 Å². The third-order valence-electron chi connectivity index (χ3n) is 8.48. The van der Waals surface area contributed by atoms with Gasteiger partial charge < -0.3 is 42.6 Å². The smallest absolute Gasteiger partial charge is 0.303 e. The molecule has 2 heterocycles. The van der Waals surface area contributed by atoms with E-state index in [0.717, 1.165) is 16.7 Å². The van der Waals surface area contributed by atoms with E-state index in [0.29, 0.717) is 0 Å². The van der Waals surface area contributed by atoms with E-state index >= 15 is 0 Å². The maximum Gasteiger partial charge on any atom is 0.303 e. The van der Waals surface area contributed by atoms with Gasteiger partial charge in [-0.25, -0.2) is 0 Å². The molecule has 10 atom stereocenters. The third-order valence-corrected chi connectivity index (χ3v) is 8.48. The lowest BCUT2D eigenvalue weighted by atomic mass is 9.96. The number of esters is 3. The number of rotatable bonds is 14. The summed E-state index contributed by atoms with van der Waals surface area (Å²) >= 11 is 0. The summed E-state index contributed by atoms with van der Waals surface area (Å²) in [5.74, 6) is -2.01. The lowest BCUT2D eigenvalue weighted by Gasteiger charge is -2.48. The molecule has 0 bridgehead atoms. The fourth-order valence-electron chi connectivity index (χ4n) is 6.19. The van der Waals surface area contributed by atoms with Crippen molar-refractivity contribution in [3.8, 4) is 0 Å². The Morgan fingerprint density at radius 1 is 0.471 bits per heavy atom. The summed E-state index contributed by atoms with van der Waals surface area (Å²) in [4.78, 5) is 36.9. The maximum atomic E-state index is 12.5. The lowest BCUT2D eigenvalue weighted by molar-refractivity contribution is -0.371. The van der Waals surface area contributed by atoms with Crippen LogP contribution in [0, 0.1) is 0 Å². The number of carbonyl (C=O) groups is 3.